The first-order valence-electron chi connectivity index (χ1n) is 4.87. The van der Waals surface area contributed by atoms with Crippen LogP contribution in [-0.4, -0.2) is 19.7 Å². The lowest BCUT2D eigenvalue weighted by atomic mass is 10.2. The summed E-state index contributed by atoms with van der Waals surface area (Å²) < 4.78 is 10.5. The molecule has 0 aliphatic carbocycles. The quantitative estimate of drug-likeness (QED) is 0.692. The molecule has 0 saturated carbocycles. The Hall–Kier alpha value is -1.97. The number of methoxy groups -OCH3 is 1. The van der Waals surface area contributed by atoms with Gasteiger partial charge in [-0.05, 0) is 30.7 Å². The Kier molecular flexibility index (Phi) is 4.39. The van der Waals surface area contributed by atoms with Crippen LogP contribution in [0.1, 0.15) is 12.5 Å². The van der Waals surface area contributed by atoms with Crippen LogP contribution in [-0.2, 0) is 4.79 Å². The highest BCUT2D eigenvalue weighted by Crippen LogP contribution is 2.28. The molecule has 0 bridgehead atoms. The summed E-state index contributed by atoms with van der Waals surface area (Å²) in [4.78, 5) is 10.3. The molecule has 0 radical (unpaired) electrons. The molecule has 1 rings (SSSR count). The maximum atomic E-state index is 10.3. The number of aliphatic carboxylic acids is 1. The summed E-state index contributed by atoms with van der Waals surface area (Å²) in [6.07, 6.45) is 2.41. The smallest absolute Gasteiger partial charge is 0.161 e. The zero-order valence-electron chi connectivity index (χ0n) is 9.23. The molecule has 4 nitrogen and oxygen atoms in total. The molecule has 4 heteroatoms. The maximum Gasteiger partial charge on any atom is 0.161 e. The van der Waals surface area contributed by atoms with E-state index in [0.717, 1.165) is 6.08 Å². The van der Waals surface area contributed by atoms with Crippen molar-refractivity contribution in [1.29, 1.82) is 0 Å². The van der Waals surface area contributed by atoms with Gasteiger partial charge < -0.3 is 19.4 Å². The minimum absolute atomic E-state index is 0.518. The molecule has 0 aliphatic rings. The number of carbonyl (C=O) groups is 1. The van der Waals surface area contributed by atoms with Gasteiger partial charge in [0.1, 0.15) is 0 Å². The van der Waals surface area contributed by atoms with Crippen LogP contribution in [0.2, 0.25) is 0 Å². The lowest BCUT2D eigenvalue weighted by Gasteiger charge is -2.09. The molecule has 0 unspecified atom stereocenters. The Labute approximate surface area is 94.1 Å². The van der Waals surface area contributed by atoms with Crippen LogP contribution < -0.4 is 14.6 Å². The lowest BCUT2D eigenvalue weighted by molar-refractivity contribution is -0.297. The number of carbonyl (C=O) groups excluding carboxylic acids is 1. The molecule has 16 heavy (non-hydrogen) atoms. The molecule has 0 aliphatic heterocycles. The highest BCUT2D eigenvalue weighted by Gasteiger charge is 2.03. The van der Waals surface area contributed by atoms with Crippen molar-refractivity contribution in [3.05, 3.63) is 29.8 Å². The Morgan fingerprint density at radius 1 is 1.44 bits per heavy atom. The van der Waals surface area contributed by atoms with Crippen molar-refractivity contribution in [3.8, 4) is 11.5 Å². The first-order chi connectivity index (χ1) is 7.67. The van der Waals surface area contributed by atoms with Crippen molar-refractivity contribution in [2.45, 2.75) is 6.92 Å². The molecule has 0 atom stereocenters. The van der Waals surface area contributed by atoms with E-state index in [2.05, 4.69) is 0 Å². The fourth-order valence-corrected chi connectivity index (χ4v) is 1.23. The summed E-state index contributed by atoms with van der Waals surface area (Å²) in [5, 5.41) is 10.3. The van der Waals surface area contributed by atoms with Gasteiger partial charge in [0.2, 0.25) is 0 Å². The molecule has 1 aromatic rings. The molecular weight excluding hydrogens is 208 g/mol. The van der Waals surface area contributed by atoms with Crippen LogP contribution in [0.15, 0.2) is 24.3 Å². The predicted octanol–water partition coefficient (Wildman–Crippen LogP) is 0.857. The zero-order valence-corrected chi connectivity index (χ0v) is 9.23. The van der Waals surface area contributed by atoms with Crippen LogP contribution in [0, 0.1) is 0 Å². The van der Waals surface area contributed by atoms with Crippen molar-refractivity contribution < 1.29 is 19.4 Å². The van der Waals surface area contributed by atoms with E-state index in [1.165, 1.54) is 6.08 Å². The van der Waals surface area contributed by atoms with Crippen LogP contribution in [0.3, 0.4) is 0 Å². The first kappa shape index (κ1) is 12.1. The van der Waals surface area contributed by atoms with Gasteiger partial charge in [-0.15, -0.1) is 0 Å². The molecule has 0 fully saturated rings. The van der Waals surface area contributed by atoms with Gasteiger partial charge in [0.25, 0.3) is 0 Å². The van der Waals surface area contributed by atoms with Crippen molar-refractivity contribution in [2.24, 2.45) is 0 Å². The summed E-state index contributed by atoms with van der Waals surface area (Å²) in [6.45, 7) is 2.38. The van der Waals surface area contributed by atoms with Crippen LogP contribution >= 0.6 is 0 Å². The molecule has 0 aromatic heterocycles. The van der Waals surface area contributed by atoms with E-state index in [1.54, 1.807) is 25.3 Å². The Morgan fingerprint density at radius 2 is 2.19 bits per heavy atom. The molecule has 86 valence electrons. The van der Waals surface area contributed by atoms with Gasteiger partial charge in [-0.2, -0.15) is 0 Å². The largest absolute Gasteiger partial charge is 0.545 e. The van der Waals surface area contributed by atoms with Gasteiger partial charge >= 0.3 is 0 Å². The van der Waals surface area contributed by atoms with Gasteiger partial charge in [0.15, 0.2) is 11.5 Å². The van der Waals surface area contributed by atoms with E-state index in [9.17, 15) is 9.90 Å². The summed E-state index contributed by atoms with van der Waals surface area (Å²) in [5.74, 6) is -0.0216. The van der Waals surface area contributed by atoms with E-state index < -0.39 is 5.97 Å². The third-order valence-electron chi connectivity index (χ3n) is 1.90. The third-order valence-corrected chi connectivity index (χ3v) is 1.90. The minimum Gasteiger partial charge on any atom is -0.545 e. The molecule has 0 spiro atoms. The first-order valence-corrected chi connectivity index (χ1v) is 4.87. The normalized spacial score (nSPS) is 10.4. The Morgan fingerprint density at radius 3 is 2.75 bits per heavy atom. The van der Waals surface area contributed by atoms with Crippen LogP contribution in [0.4, 0.5) is 0 Å². The van der Waals surface area contributed by atoms with Gasteiger partial charge in [-0.25, -0.2) is 0 Å². The number of hydrogen-bond acceptors (Lipinski definition) is 4. The SMILES string of the molecule is CCOc1cc(/C=C/C(=O)[O-])ccc1OC. The standard InChI is InChI=1S/C12H14O4/c1-3-16-11-8-9(5-7-12(13)14)4-6-10(11)15-2/h4-8H,3H2,1-2H3,(H,13,14)/p-1/b7-5+. The van der Waals surface area contributed by atoms with Crippen molar-refractivity contribution >= 4 is 12.0 Å². The Balaban J connectivity index is 2.96. The summed E-state index contributed by atoms with van der Waals surface area (Å²) in [5.41, 5.74) is 0.716. The monoisotopic (exact) mass is 221 g/mol. The van der Waals surface area contributed by atoms with E-state index in [-0.39, 0.29) is 0 Å². The highest BCUT2D eigenvalue weighted by molar-refractivity contribution is 5.83. The minimum atomic E-state index is -1.23. The van der Waals surface area contributed by atoms with Crippen molar-refractivity contribution in [3.63, 3.8) is 0 Å². The number of carboxylic acid groups (broad SMARTS) is 1. The number of benzene rings is 1. The fraction of sp³-hybridized carbons (Fsp3) is 0.250. The van der Waals surface area contributed by atoms with Crippen LogP contribution in [0.25, 0.3) is 6.08 Å². The van der Waals surface area contributed by atoms with Gasteiger partial charge in [0.05, 0.1) is 19.7 Å². The van der Waals surface area contributed by atoms with Gasteiger partial charge in [-0.3, -0.25) is 0 Å². The van der Waals surface area contributed by atoms with E-state index in [0.29, 0.717) is 23.7 Å². The molecule has 0 heterocycles. The van der Waals surface area contributed by atoms with Gasteiger partial charge in [-0.1, -0.05) is 12.1 Å². The second kappa shape index (κ2) is 5.80. The maximum absolute atomic E-state index is 10.3. The molecule has 0 saturated heterocycles. The lowest BCUT2D eigenvalue weighted by Crippen LogP contribution is -2.18. The fourth-order valence-electron chi connectivity index (χ4n) is 1.23. The summed E-state index contributed by atoms with van der Waals surface area (Å²) in [7, 11) is 1.55. The van der Waals surface area contributed by atoms with Gasteiger partial charge in [0, 0.05) is 0 Å². The molecule has 1 aromatic carbocycles. The third kappa shape index (κ3) is 3.31. The molecule has 0 N–H and O–H groups in total. The second-order valence-electron chi connectivity index (χ2n) is 3.00. The van der Waals surface area contributed by atoms with Crippen molar-refractivity contribution in [2.75, 3.05) is 13.7 Å². The Bertz CT molecular complexity index is 396. The molecular formula is C12H13O4-. The van der Waals surface area contributed by atoms with Crippen LogP contribution in [0.5, 0.6) is 11.5 Å². The second-order valence-corrected chi connectivity index (χ2v) is 3.00. The number of hydrogen-bond donors (Lipinski definition) is 0. The molecule has 0 amide bonds. The average Bonchev–Trinajstić information content (AvgIpc) is 2.27. The number of ether oxygens (including phenoxy) is 2. The summed E-state index contributed by atoms with van der Waals surface area (Å²) in [6, 6.07) is 5.17. The number of carboxylic acids is 1. The topological polar surface area (TPSA) is 58.6 Å². The van der Waals surface area contributed by atoms with Crippen molar-refractivity contribution in [1.82, 2.24) is 0 Å². The highest BCUT2D eigenvalue weighted by atomic mass is 16.5. The number of rotatable bonds is 5. The van der Waals surface area contributed by atoms with E-state index >= 15 is 0 Å². The average molecular weight is 221 g/mol. The van der Waals surface area contributed by atoms with E-state index in [1.807, 2.05) is 6.92 Å². The van der Waals surface area contributed by atoms with E-state index in [4.69, 9.17) is 9.47 Å². The summed E-state index contributed by atoms with van der Waals surface area (Å²) >= 11 is 0. The zero-order chi connectivity index (χ0) is 12.0. The predicted molar refractivity (Wildman–Crippen MR) is 58.2 cm³/mol.